The first kappa shape index (κ1) is 12.6. The molecule has 1 unspecified atom stereocenters. The fourth-order valence-electron chi connectivity index (χ4n) is 1.58. The van der Waals surface area contributed by atoms with E-state index < -0.39 is 6.69 Å². The molecule has 0 saturated heterocycles. The Balaban J connectivity index is 2.96. The molecule has 0 amide bonds. The van der Waals surface area contributed by atoms with Crippen LogP contribution in [0.25, 0.3) is 0 Å². The molecule has 0 fully saturated rings. The summed E-state index contributed by atoms with van der Waals surface area (Å²) in [5.41, 5.74) is 1.56. The van der Waals surface area contributed by atoms with Crippen molar-refractivity contribution in [1.82, 2.24) is 0 Å². The predicted molar refractivity (Wildman–Crippen MR) is 70.5 cm³/mol. The quantitative estimate of drug-likeness (QED) is 0.542. The van der Waals surface area contributed by atoms with Crippen molar-refractivity contribution in [2.45, 2.75) is 25.4 Å². The Labute approximate surface area is 104 Å². The summed E-state index contributed by atoms with van der Waals surface area (Å²) in [5.74, 6) is 0. The second kappa shape index (κ2) is 5.02. The summed E-state index contributed by atoms with van der Waals surface area (Å²) < 4.78 is 1.09. The van der Waals surface area contributed by atoms with E-state index in [0.717, 1.165) is 10.9 Å². The van der Waals surface area contributed by atoms with Gasteiger partial charge in [-0.25, -0.2) is 0 Å². The molecule has 14 heavy (non-hydrogen) atoms. The summed E-state index contributed by atoms with van der Waals surface area (Å²) >= 11 is 15.9. The molecule has 4 heteroatoms. The van der Waals surface area contributed by atoms with Crippen molar-refractivity contribution in [3.8, 4) is 0 Å². The van der Waals surface area contributed by atoms with Crippen LogP contribution >= 0.6 is 38.1 Å². The summed E-state index contributed by atoms with van der Waals surface area (Å²) in [7, 11) is 0. The average Bonchev–Trinajstić information content (AvgIpc) is 2.07. The van der Waals surface area contributed by atoms with Crippen molar-refractivity contribution in [2.24, 2.45) is 0 Å². The van der Waals surface area contributed by atoms with Crippen LogP contribution in [0.2, 0.25) is 6.55 Å². The summed E-state index contributed by atoms with van der Waals surface area (Å²) in [6.07, 6.45) is 0.997. The van der Waals surface area contributed by atoms with E-state index in [1.54, 1.807) is 0 Å². The molecule has 1 rings (SSSR count). The van der Waals surface area contributed by atoms with Crippen molar-refractivity contribution < 1.29 is 0 Å². The van der Waals surface area contributed by atoms with Gasteiger partial charge in [-0.1, -0.05) is 35.0 Å². The molecule has 0 heterocycles. The number of benzene rings is 1. The van der Waals surface area contributed by atoms with E-state index in [4.69, 9.17) is 22.2 Å². The Morgan fingerprint density at radius 3 is 2.14 bits per heavy atom. The van der Waals surface area contributed by atoms with Crippen LogP contribution in [-0.2, 0) is 0 Å². The molecule has 0 aromatic heterocycles. The second-order valence-electron chi connectivity index (χ2n) is 3.47. The molecule has 1 aromatic carbocycles. The summed E-state index contributed by atoms with van der Waals surface area (Å²) in [5, 5.41) is 0. The van der Waals surface area contributed by atoms with Crippen LogP contribution in [0, 0.1) is 0 Å². The van der Waals surface area contributed by atoms with E-state index in [9.17, 15) is 0 Å². The van der Waals surface area contributed by atoms with Gasteiger partial charge in [0.25, 0.3) is 6.69 Å². The molecular formula is C10H13BrCl2Si. The van der Waals surface area contributed by atoms with Gasteiger partial charge < -0.3 is 0 Å². The van der Waals surface area contributed by atoms with Crippen LogP contribution in [0.15, 0.2) is 28.7 Å². The highest BCUT2D eigenvalue weighted by Gasteiger charge is 2.32. The van der Waals surface area contributed by atoms with Crippen LogP contribution in [0.3, 0.4) is 0 Å². The molecule has 78 valence electrons. The molecule has 0 saturated carbocycles. The van der Waals surface area contributed by atoms with Gasteiger partial charge >= 0.3 is 0 Å². The van der Waals surface area contributed by atoms with Crippen LogP contribution < -0.4 is 0 Å². The summed E-state index contributed by atoms with van der Waals surface area (Å²) in [6, 6.07) is 8.25. The SMILES string of the molecule is CCC(c1ccc(Br)cc1)[Si](C)(Cl)Cl. The molecule has 0 N–H and O–H groups in total. The highest BCUT2D eigenvalue weighted by molar-refractivity contribution is 9.10. The standard InChI is InChI=1S/C10H13BrCl2Si/c1-3-10(14(2,12)13)8-4-6-9(11)7-5-8/h4-7,10H,3H2,1-2H3. The minimum atomic E-state index is -2.12. The number of halogens is 3. The van der Waals surface area contributed by atoms with Crippen LogP contribution in [-0.4, -0.2) is 6.69 Å². The highest BCUT2D eigenvalue weighted by atomic mass is 79.9. The van der Waals surface area contributed by atoms with E-state index in [2.05, 4.69) is 35.0 Å². The van der Waals surface area contributed by atoms with Crippen molar-refractivity contribution in [2.75, 3.05) is 0 Å². The van der Waals surface area contributed by atoms with Crippen LogP contribution in [0.4, 0.5) is 0 Å². The van der Waals surface area contributed by atoms with Gasteiger partial charge in [0.15, 0.2) is 0 Å². The zero-order valence-electron chi connectivity index (χ0n) is 8.23. The normalized spacial score (nSPS) is 14.1. The number of hydrogen-bond acceptors (Lipinski definition) is 0. The molecule has 1 atom stereocenters. The lowest BCUT2D eigenvalue weighted by atomic mass is 10.1. The average molecular weight is 312 g/mol. The molecule has 0 aliphatic carbocycles. The lowest BCUT2D eigenvalue weighted by Gasteiger charge is -2.23. The van der Waals surface area contributed by atoms with Gasteiger partial charge in [0.05, 0.1) is 0 Å². The van der Waals surface area contributed by atoms with E-state index in [0.29, 0.717) is 5.54 Å². The maximum Gasteiger partial charge on any atom is 0.255 e. The van der Waals surface area contributed by atoms with Crippen molar-refractivity contribution in [1.29, 1.82) is 0 Å². The fourth-order valence-corrected chi connectivity index (χ4v) is 5.02. The molecule has 0 spiro atoms. The molecule has 1 aromatic rings. The molecule has 0 aliphatic heterocycles. The number of hydrogen-bond donors (Lipinski definition) is 0. The van der Waals surface area contributed by atoms with Crippen LogP contribution in [0.1, 0.15) is 24.4 Å². The first-order chi connectivity index (χ1) is 6.45. The number of rotatable bonds is 3. The van der Waals surface area contributed by atoms with Gasteiger partial charge in [-0.3, -0.25) is 0 Å². The third-order valence-electron chi connectivity index (χ3n) is 2.29. The Hall–Kier alpha value is 0.497. The third kappa shape index (κ3) is 3.26. The Kier molecular flexibility index (Phi) is 4.50. The van der Waals surface area contributed by atoms with Gasteiger partial charge in [-0.2, -0.15) is 0 Å². The van der Waals surface area contributed by atoms with Crippen molar-refractivity contribution in [3.05, 3.63) is 34.3 Å². The molecule has 0 aliphatic rings. The Bertz CT molecular complexity index is 292. The van der Waals surface area contributed by atoms with Gasteiger partial charge in [-0.05, 0) is 30.7 Å². The minimum absolute atomic E-state index is 0.318. The third-order valence-corrected chi connectivity index (χ3v) is 6.37. The largest absolute Gasteiger partial charge is 0.255 e. The van der Waals surface area contributed by atoms with Crippen LogP contribution in [0.5, 0.6) is 0 Å². The topological polar surface area (TPSA) is 0 Å². The van der Waals surface area contributed by atoms with Gasteiger partial charge in [0.1, 0.15) is 0 Å². The minimum Gasteiger partial charge on any atom is -0.145 e. The van der Waals surface area contributed by atoms with E-state index in [1.807, 2.05) is 18.7 Å². The monoisotopic (exact) mass is 310 g/mol. The first-order valence-electron chi connectivity index (χ1n) is 4.58. The summed E-state index contributed by atoms with van der Waals surface area (Å²) in [4.78, 5) is 0. The highest BCUT2D eigenvalue weighted by Crippen LogP contribution is 2.35. The maximum absolute atomic E-state index is 6.27. The molecule has 0 bridgehead atoms. The Morgan fingerprint density at radius 2 is 1.79 bits per heavy atom. The lowest BCUT2D eigenvalue weighted by molar-refractivity contribution is 0.864. The molecule has 0 radical (unpaired) electrons. The zero-order valence-corrected chi connectivity index (χ0v) is 12.3. The predicted octanol–water partition coefficient (Wildman–Crippen LogP) is 5.03. The summed E-state index contributed by atoms with van der Waals surface area (Å²) in [6.45, 7) is 1.99. The van der Waals surface area contributed by atoms with Gasteiger partial charge in [0.2, 0.25) is 0 Å². The zero-order chi connectivity index (χ0) is 10.8. The first-order valence-corrected chi connectivity index (χ1v) is 9.98. The molecular weight excluding hydrogens is 299 g/mol. The van der Waals surface area contributed by atoms with Crippen molar-refractivity contribution >= 4 is 44.8 Å². The second-order valence-corrected chi connectivity index (χ2v) is 12.3. The maximum atomic E-state index is 6.27. The molecule has 0 nitrogen and oxygen atoms in total. The fraction of sp³-hybridized carbons (Fsp3) is 0.400. The van der Waals surface area contributed by atoms with Crippen molar-refractivity contribution in [3.63, 3.8) is 0 Å². The smallest absolute Gasteiger partial charge is 0.145 e. The van der Waals surface area contributed by atoms with Gasteiger partial charge in [0, 0.05) is 10.0 Å². The Morgan fingerprint density at radius 1 is 1.29 bits per heavy atom. The van der Waals surface area contributed by atoms with E-state index >= 15 is 0 Å². The van der Waals surface area contributed by atoms with Gasteiger partial charge in [-0.15, -0.1) is 22.2 Å². The van der Waals surface area contributed by atoms with E-state index in [1.165, 1.54) is 5.56 Å². The lowest BCUT2D eigenvalue weighted by Crippen LogP contribution is -2.25. The van der Waals surface area contributed by atoms with E-state index in [-0.39, 0.29) is 0 Å².